The molecular weight excluding hydrogens is 435 g/mol. The number of nitrogens with zero attached hydrogens (tertiary/aromatic N) is 6. The third kappa shape index (κ3) is 3.65. The van der Waals surface area contributed by atoms with E-state index in [2.05, 4.69) is 19.9 Å². The maximum atomic E-state index is 14.4. The topological polar surface area (TPSA) is 104 Å². The van der Waals surface area contributed by atoms with Crippen LogP contribution in [0.2, 0.25) is 0 Å². The Morgan fingerprint density at radius 2 is 1.82 bits per heavy atom. The summed E-state index contributed by atoms with van der Waals surface area (Å²) in [7, 11) is 1.74. The fourth-order valence-corrected chi connectivity index (χ4v) is 4.11. The zero-order chi connectivity index (χ0) is 23.4. The molecule has 168 valence electrons. The van der Waals surface area contributed by atoms with E-state index in [0.29, 0.717) is 34.4 Å². The number of hydroxylamine groups is 1. The van der Waals surface area contributed by atoms with E-state index in [9.17, 15) is 18.4 Å². The highest BCUT2D eigenvalue weighted by Crippen LogP contribution is 2.45. The maximum Gasteiger partial charge on any atom is 0.416 e. The lowest BCUT2D eigenvalue weighted by Crippen LogP contribution is -2.50. The van der Waals surface area contributed by atoms with Gasteiger partial charge in [-0.15, -0.1) is 0 Å². The number of quaternary nitrogens is 1. The van der Waals surface area contributed by atoms with Crippen LogP contribution >= 0.6 is 0 Å². The molecule has 1 aromatic carbocycles. The van der Waals surface area contributed by atoms with Crippen LogP contribution in [-0.4, -0.2) is 38.6 Å². The van der Waals surface area contributed by atoms with E-state index >= 15 is 0 Å². The number of anilines is 1. The molecule has 1 aliphatic heterocycles. The van der Waals surface area contributed by atoms with Crippen LogP contribution in [0.3, 0.4) is 0 Å². The molecule has 0 spiro atoms. The Morgan fingerprint density at radius 3 is 2.55 bits per heavy atom. The first kappa shape index (κ1) is 21.2. The molecule has 33 heavy (non-hydrogen) atoms. The Balaban J connectivity index is 1.75. The number of fused-ring (bicyclic) bond motifs is 3. The second-order valence-corrected chi connectivity index (χ2v) is 7.97. The van der Waals surface area contributed by atoms with Gasteiger partial charge in [0.2, 0.25) is 5.95 Å². The van der Waals surface area contributed by atoms with Gasteiger partial charge in [-0.3, -0.25) is 14.5 Å². The smallest absolute Gasteiger partial charge is 0.416 e. The minimum Gasteiger partial charge on any atom is -0.621 e. The first-order chi connectivity index (χ1) is 15.6. The molecule has 1 aliphatic rings. The Hall–Kier alpha value is -3.67. The van der Waals surface area contributed by atoms with Gasteiger partial charge in [0, 0.05) is 42.3 Å². The minimum absolute atomic E-state index is 0.0341. The van der Waals surface area contributed by atoms with E-state index in [1.807, 2.05) is 0 Å². The largest absolute Gasteiger partial charge is 0.621 e. The predicted molar refractivity (Wildman–Crippen MR) is 118 cm³/mol. The average Bonchev–Trinajstić information content (AvgIpc) is 2.78. The fourth-order valence-electron chi connectivity index (χ4n) is 4.11. The van der Waals surface area contributed by atoms with Crippen LogP contribution in [0.1, 0.15) is 11.1 Å². The van der Waals surface area contributed by atoms with Crippen LogP contribution in [0.25, 0.3) is 22.3 Å². The van der Waals surface area contributed by atoms with E-state index in [0.717, 1.165) is 12.1 Å². The lowest BCUT2D eigenvalue weighted by Gasteiger charge is -2.47. The maximum absolute atomic E-state index is 14.4. The molecule has 0 radical (unpaired) electrons. The second-order valence-electron chi connectivity index (χ2n) is 7.97. The number of halogens is 3. The van der Waals surface area contributed by atoms with E-state index < -0.39 is 16.4 Å². The van der Waals surface area contributed by atoms with Crippen molar-refractivity contribution in [3.63, 3.8) is 0 Å². The number of rotatable bonds is 2. The molecule has 0 amide bonds. The van der Waals surface area contributed by atoms with Gasteiger partial charge in [0.15, 0.2) is 11.2 Å². The summed E-state index contributed by atoms with van der Waals surface area (Å²) in [6.45, 7) is 0.334. The lowest BCUT2D eigenvalue weighted by atomic mass is 10.1. The summed E-state index contributed by atoms with van der Waals surface area (Å²) in [5.74, 6) is 0.112. The standard InChI is InChI=1S/C22H18F3N7O/c1-31-11-14-10-27-18-6-5-17(13-8-28-21(26)29-9-13)30-19(18)20(14)32(33,12-31)16-4-2-3-15(7-16)22(23,24)25/h2-10H,11-12H2,1H3,(H2,26,28,29). The Kier molecular flexibility index (Phi) is 4.78. The van der Waals surface area contributed by atoms with Crippen molar-refractivity contribution < 1.29 is 13.2 Å². The van der Waals surface area contributed by atoms with Gasteiger partial charge in [-0.25, -0.2) is 15.0 Å². The highest BCUT2D eigenvalue weighted by atomic mass is 19.4. The molecule has 2 N–H and O–H groups in total. The molecular formula is C22H18F3N7O. The van der Waals surface area contributed by atoms with Gasteiger partial charge >= 0.3 is 6.18 Å². The third-order valence-corrected chi connectivity index (χ3v) is 5.56. The zero-order valence-electron chi connectivity index (χ0n) is 17.4. The average molecular weight is 453 g/mol. The molecule has 4 aromatic rings. The summed E-state index contributed by atoms with van der Waals surface area (Å²) in [5, 5.41) is 14.4. The molecule has 1 unspecified atom stereocenters. The lowest BCUT2D eigenvalue weighted by molar-refractivity contribution is -0.137. The predicted octanol–water partition coefficient (Wildman–Crippen LogP) is 4.23. The number of hydrogen-bond donors (Lipinski definition) is 1. The second kappa shape index (κ2) is 7.44. The molecule has 0 saturated carbocycles. The molecule has 0 bridgehead atoms. The SMILES string of the molecule is CN1Cc2cnc3ccc(-c4cnc(N)nc4)nc3c2[N+]([O-])(c2cccc(C(F)(F)F)c2)C1. The Bertz CT molecular complexity index is 1360. The van der Waals surface area contributed by atoms with E-state index in [4.69, 9.17) is 5.73 Å². The molecule has 0 fully saturated rings. The van der Waals surface area contributed by atoms with Gasteiger partial charge in [-0.2, -0.15) is 13.2 Å². The number of pyridine rings is 2. The summed E-state index contributed by atoms with van der Waals surface area (Å²) in [5.41, 5.74) is 7.38. The molecule has 11 heteroatoms. The van der Waals surface area contributed by atoms with Gasteiger partial charge < -0.3 is 10.9 Å². The Morgan fingerprint density at radius 1 is 1.06 bits per heavy atom. The summed E-state index contributed by atoms with van der Waals surface area (Å²) < 4.78 is 39.1. The van der Waals surface area contributed by atoms with Gasteiger partial charge in [-0.1, -0.05) is 6.07 Å². The fraction of sp³-hybridized carbons (Fsp3) is 0.182. The Labute approximate surface area is 186 Å². The number of alkyl halides is 3. The van der Waals surface area contributed by atoms with Crippen LogP contribution in [-0.2, 0) is 12.7 Å². The summed E-state index contributed by atoms with van der Waals surface area (Å²) >= 11 is 0. The van der Waals surface area contributed by atoms with Crippen LogP contribution in [0.15, 0.2) is 55.0 Å². The first-order valence-corrected chi connectivity index (χ1v) is 9.98. The molecule has 5 rings (SSSR count). The van der Waals surface area contributed by atoms with Gasteiger partial charge in [0.1, 0.15) is 12.4 Å². The monoisotopic (exact) mass is 453 g/mol. The van der Waals surface area contributed by atoms with E-state index in [-0.39, 0.29) is 24.0 Å². The summed E-state index contributed by atoms with van der Waals surface area (Å²) in [6, 6.07) is 7.94. The van der Waals surface area contributed by atoms with Crippen molar-refractivity contribution in [1.29, 1.82) is 0 Å². The van der Waals surface area contributed by atoms with Crippen molar-refractivity contribution in [3.8, 4) is 11.3 Å². The molecule has 4 heterocycles. The van der Waals surface area contributed by atoms with Crippen molar-refractivity contribution in [2.75, 3.05) is 19.5 Å². The number of aromatic nitrogens is 4. The molecule has 0 saturated heterocycles. The highest BCUT2D eigenvalue weighted by molar-refractivity contribution is 5.92. The first-order valence-electron chi connectivity index (χ1n) is 9.98. The highest BCUT2D eigenvalue weighted by Gasteiger charge is 2.38. The molecule has 0 aliphatic carbocycles. The van der Waals surface area contributed by atoms with Crippen LogP contribution < -0.4 is 10.4 Å². The van der Waals surface area contributed by atoms with E-state index in [1.54, 1.807) is 30.3 Å². The van der Waals surface area contributed by atoms with Gasteiger partial charge in [0.05, 0.1) is 16.8 Å². The molecule has 1 atom stereocenters. The minimum atomic E-state index is -4.57. The van der Waals surface area contributed by atoms with Crippen molar-refractivity contribution in [2.24, 2.45) is 0 Å². The third-order valence-electron chi connectivity index (χ3n) is 5.56. The summed E-state index contributed by atoms with van der Waals surface area (Å²) in [6.07, 6.45) is 0.0402. The van der Waals surface area contributed by atoms with Gasteiger partial charge in [0.25, 0.3) is 0 Å². The van der Waals surface area contributed by atoms with Gasteiger partial charge in [-0.05, 0) is 31.3 Å². The normalized spacial score (nSPS) is 18.9. The quantitative estimate of drug-likeness (QED) is 0.358. The molecule has 3 aromatic heterocycles. The van der Waals surface area contributed by atoms with Crippen molar-refractivity contribution in [3.05, 3.63) is 71.3 Å². The van der Waals surface area contributed by atoms with Crippen LogP contribution in [0.5, 0.6) is 0 Å². The number of nitrogens with two attached hydrogens (primary N) is 1. The van der Waals surface area contributed by atoms with E-state index in [1.165, 1.54) is 24.5 Å². The molecule has 8 nitrogen and oxygen atoms in total. The van der Waals surface area contributed by atoms with Crippen molar-refractivity contribution >= 4 is 28.4 Å². The zero-order valence-corrected chi connectivity index (χ0v) is 17.4. The number of benzene rings is 1. The van der Waals surface area contributed by atoms with Crippen LogP contribution in [0, 0.1) is 5.21 Å². The van der Waals surface area contributed by atoms with Crippen molar-refractivity contribution in [1.82, 2.24) is 29.5 Å². The van der Waals surface area contributed by atoms with Crippen LogP contribution in [0.4, 0.5) is 30.5 Å². The number of nitrogen functional groups attached to an aromatic ring is 1. The number of hydrogen-bond acceptors (Lipinski definition) is 7. The van der Waals surface area contributed by atoms with Crippen molar-refractivity contribution in [2.45, 2.75) is 12.7 Å². The summed E-state index contributed by atoms with van der Waals surface area (Å²) in [4.78, 5) is 18.8.